The number of rotatable bonds is 1. The number of hydrogen-bond acceptors (Lipinski definition) is 5. The fourth-order valence-corrected chi connectivity index (χ4v) is 1.74. The molecule has 142 valence electrons. The Balaban J connectivity index is 0.000000343. The van der Waals surface area contributed by atoms with Crippen molar-refractivity contribution in [3.05, 3.63) is 0 Å². The smallest absolute Gasteiger partial charge is 0.475 e. The van der Waals surface area contributed by atoms with E-state index in [2.05, 4.69) is 10.2 Å². The maximum absolute atomic E-state index is 10.6. The summed E-state index contributed by atoms with van der Waals surface area (Å²) in [5, 5.41) is 26.6. The van der Waals surface area contributed by atoms with Gasteiger partial charge in [0.25, 0.3) is 0 Å². The van der Waals surface area contributed by atoms with E-state index in [0.29, 0.717) is 6.04 Å². The summed E-state index contributed by atoms with van der Waals surface area (Å²) in [7, 11) is 0. The molecule has 0 saturated carbocycles. The van der Waals surface area contributed by atoms with E-state index in [9.17, 15) is 26.3 Å². The molecule has 0 aromatic rings. The van der Waals surface area contributed by atoms with Gasteiger partial charge in [0.15, 0.2) is 0 Å². The van der Waals surface area contributed by atoms with Gasteiger partial charge in [-0.15, -0.1) is 0 Å². The van der Waals surface area contributed by atoms with Crippen LogP contribution < -0.4 is 5.32 Å². The number of likely N-dealkylation sites (tertiary alicyclic amines) is 1. The molecule has 0 bridgehead atoms. The van der Waals surface area contributed by atoms with Crippen LogP contribution in [0.3, 0.4) is 0 Å². The fraction of sp³-hybridized carbons (Fsp3) is 0.818. The molecule has 1 atom stereocenters. The van der Waals surface area contributed by atoms with Crippen molar-refractivity contribution in [3.63, 3.8) is 0 Å². The number of carboxylic acids is 2. The zero-order chi connectivity index (χ0) is 19.1. The van der Waals surface area contributed by atoms with Gasteiger partial charge in [-0.2, -0.15) is 26.3 Å². The van der Waals surface area contributed by atoms with Crippen LogP contribution in [0.4, 0.5) is 26.3 Å². The van der Waals surface area contributed by atoms with Gasteiger partial charge in [-0.05, 0) is 13.0 Å². The summed E-state index contributed by atoms with van der Waals surface area (Å²) in [5.41, 5.74) is 0. The number of aliphatic hydroxyl groups is 1. The van der Waals surface area contributed by atoms with Gasteiger partial charge in [0.05, 0.1) is 6.10 Å². The molecular formula is C11H16F6N2O5. The summed E-state index contributed by atoms with van der Waals surface area (Å²) in [6.45, 7) is 4.06. The molecule has 2 aliphatic heterocycles. The maximum atomic E-state index is 10.6. The van der Waals surface area contributed by atoms with Gasteiger partial charge in [0, 0.05) is 25.7 Å². The predicted octanol–water partition coefficient (Wildman–Crippen LogP) is 0.291. The van der Waals surface area contributed by atoms with E-state index in [0.717, 1.165) is 26.2 Å². The monoisotopic (exact) mass is 370 g/mol. The zero-order valence-electron chi connectivity index (χ0n) is 12.1. The summed E-state index contributed by atoms with van der Waals surface area (Å²) in [4.78, 5) is 20.1. The van der Waals surface area contributed by atoms with Crippen LogP contribution in [0, 0.1) is 0 Å². The van der Waals surface area contributed by atoms with E-state index in [1.807, 2.05) is 0 Å². The van der Waals surface area contributed by atoms with Crippen molar-refractivity contribution in [1.82, 2.24) is 10.2 Å². The summed E-state index contributed by atoms with van der Waals surface area (Å²) in [5.74, 6) is -5.51. The first-order valence-corrected chi connectivity index (χ1v) is 6.48. The first kappa shape index (κ1) is 22.4. The Labute approximate surface area is 131 Å². The summed E-state index contributed by atoms with van der Waals surface area (Å²) < 4.78 is 63.5. The average molecular weight is 370 g/mol. The van der Waals surface area contributed by atoms with Gasteiger partial charge in [0.1, 0.15) is 0 Å². The summed E-state index contributed by atoms with van der Waals surface area (Å²) in [6, 6.07) is 0.711. The Morgan fingerprint density at radius 1 is 0.958 bits per heavy atom. The second-order valence-electron chi connectivity index (χ2n) is 4.86. The second kappa shape index (κ2) is 9.03. The summed E-state index contributed by atoms with van der Waals surface area (Å²) in [6.07, 6.45) is -8.95. The number of aliphatic hydroxyl groups excluding tert-OH is 1. The van der Waals surface area contributed by atoms with Gasteiger partial charge in [-0.25, -0.2) is 9.59 Å². The Hall–Kier alpha value is -1.60. The Morgan fingerprint density at radius 2 is 1.33 bits per heavy atom. The number of nitrogens with zero attached hydrogens (tertiary/aromatic N) is 1. The highest BCUT2D eigenvalue weighted by molar-refractivity contribution is 5.73. The Kier molecular flexibility index (Phi) is 8.43. The van der Waals surface area contributed by atoms with Crippen LogP contribution in [-0.4, -0.2) is 82.8 Å². The molecule has 7 nitrogen and oxygen atoms in total. The van der Waals surface area contributed by atoms with E-state index < -0.39 is 24.3 Å². The molecule has 2 rings (SSSR count). The van der Waals surface area contributed by atoms with Gasteiger partial charge in [-0.3, -0.25) is 4.90 Å². The van der Waals surface area contributed by atoms with Crippen molar-refractivity contribution in [2.75, 3.05) is 26.2 Å². The van der Waals surface area contributed by atoms with E-state index in [1.165, 1.54) is 6.42 Å². The van der Waals surface area contributed by atoms with Crippen LogP contribution in [0.5, 0.6) is 0 Å². The SMILES string of the molecule is O=C(O)C(F)(F)F.O=C(O)C(F)(F)F.OC1CN(C2CCNC2)C1. The quantitative estimate of drug-likeness (QED) is 0.491. The van der Waals surface area contributed by atoms with Crippen LogP contribution in [-0.2, 0) is 9.59 Å². The normalized spacial score (nSPS) is 21.7. The van der Waals surface area contributed by atoms with Crippen molar-refractivity contribution in [3.8, 4) is 0 Å². The first-order chi connectivity index (χ1) is 10.7. The highest BCUT2D eigenvalue weighted by atomic mass is 19.4. The topological polar surface area (TPSA) is 110 Å². The van der Waals surface area contributed by atoms with Crippen LogP contribution in [0.2, 0.25) is 0 Å². The molecule has 24 heavy (non-hydrogen) atoms. The van der Waals surface area contributed by atoms with Crippen molar-refractivity contribution >= 4 is 11.9 Å². The van der Waals surface area contributed by atoms with Crippen LogP contribution in [0.15, 0.2) is 0 Å². The molecule has 2 saturated heterocycles. The van der Waals surface area contributed by atoms with Crippen molar-refractivity contribution in [2.45, 2.75) is 30.9 Å². The molecule has 2 aliphatic rings. The lowest BCUT2D eigenvalue weighted by Gasteiger charge is -2.40. The number of aliphatic carboxylic acids is 2. The number of nitrogens with one attached hydrogen (secondary N) is 1. The predicted molar refractivity (Wildman–Crippen MR) is 66.2 cm³/mol. The Bertz CT molecular complexity index is 392. The third kappa shape index (κ3) is 8.88. The minimum Gasteiger partial charge on any atom is -0.475 e. The van der Waals surface area contributed by atoms with E-state index in [-0.39, 0.29) is 6.10 Å². The third-order valence-electron chi connectivity index (χ3n) is 2.93. The average Bonchev–Trinajstić information content (AvgIpc) is 2.87. The molecule has 1 unspecified atom stereocenters. The second-order valence-corrected chi connectivity index (χ2v) is 4.86. The molecule has 13 heteroatoms. The maximum Gasteiger partial charge on any atom is 0.490 e. The first-order valence-electron chi connectivity index (χ1n) is 6.48. The highest BCUT2D eigenvalue weighted by Crippen LogP contribution is 2.16. The standard InChI is InChI=1S/C7H14N2O.2C2HF3O2/c10-7-4-9(5-7)6-1-2-8-3-6;2*3-2(4,5)1(6)7/h6-8,10H,1-5H2;2*(H,6,7). The van der Waals surface area contributed by atoms with Crippen LogP contribution >= 0.6 is 0 Å². The lowest BCUT2D eigenvalue weighted by atomic mass is 10.1. The molecule has 2 fully saturated rings. The zero-order valence-corrected chi connectivity index (χ0v) is 12.1. The van der Waals surface area contributed by atoms with E-state index in [4.69, 9.17) is 24.9 Å². The van der Waals surface area contributed by atoms with Crippen molar-refractivity contribution in [1.29, 1.82) is 0 Å². The number of hydrogen-bond donors (Lipinski definition) is 4. The van der Waals surface area contributed by atoms with Gasteiger partial charge < -0.3 is 20.6 Å². The van der Waals surface area contributed by atoms with Gasteiger partial charge >= 0.3 is 24.3 Å². The molecule has 0 aromatic heterocycles. The molecule has 4 N–H and O–H groups in total. The fourth-order valence-electron chi connectivity index (χ4n) is 1.74. The van der Waals surface area contributed by atoms with Crippen LogP contribution in [0.1, 0.15) is 6.42 Å². The minimum absolute atomic E-state index is 0.0411. The van der Waals surface area contributed by atoms with E-state index in [1.54, 1.807) is 0 Å². The molecule has 0 aliphatic carbocycles. The molecule has 0 radical (unpaired) electrons. The van der Waals surface area contributed by atoms with E-state index >= 15 is 0 Å². The van der Waals surface area contributed by atoms with Gasteiger partial charge in [-0.1, -0.05) is 0 Å². The lowest BCUT2D eigenvalue weighted by molar-refractivity contribution is -0.193. The Morgan fingerprint density at radius 3 is 1.54 bits per heavy atom. The number of halogens is 6. The number of carboxylic acid groups (broad SMARTS) is 2. The molecule has 0 aromatic carbocycles. The highest BCUT2D eigenvalue weighted by Gasteiger charge is 2.38. The number of alkyl halides is 6. The molecule has 2 heterocycles. The molecular weight excluding hydrogens is 354 g/mol. The third-order valence-corrected chi connectivity index (χ3v) is 2.93. The van der Waals surface area contributed by atoms with Crippen molar-refractivity contribution < 1.29 is 51.3 Å². The minimum atomic E-state index is -5.08. The largest absolute Gasteiger partial charge is 0.490 e. The molecule has 0 amide bonds. The van der Waals surface area contributed by atoms with Crippen molar-refractivity contribution in [2.24, 2.45) is 0 Å². The number of β-amino-alcohol motifs (C(OH)–C–C–N with tert-alkyl or cyclic N) is 1. The van der Waals surface area contributed by atoms with Crippen LogP contribution in [0.25, 0.3) is 0 Å². The molecule has 0 spiro atoms. The summed E-state index contributed by atoms with van der Waals surface area (Å²) >= 11 is 0. The number of carbonyl (C=O) groups is 2. The van der Waals surface area contributed by atoms with Gasteiger partial charge in [0.2, 0.25) is 0 Å². The lowest BCUT2D eigenvalue weighted by Crippen LogP contribution is -2.55.